The summed E-state index contributed by atoms with van der Waals surface area (Å²) in [5.41, 5.74) is 5.00. The quantitative estimate of drug-likeness (QED) is 0.736. The van der Waals surface area contributed by atoms with Gasteiger partial charge in [-0.3, -0.25) is 4.79 Å². The van der Waals surface area contributed by atoms with Crippen molar-refractivity contribution in [2.75, 3.05) is 0 Å². The summed E-state index contributed by atoms with van der Waals surface area (Å²) >= 11 is 2.62. The first kappa shape index (κ1) is 10.6. The second-order valence-electron chi connectivity index (χ2n) is 3.73. The molecule has 0 saturated heterocycles. The van der Waals surface area contributed by atoms with Crippen molar-refractivity contribution >= 4 is 22.7 Å². The van der Waals surface area contributed by atoms with Crippen molar-refractivity contribution in [1.29, 1.82) is 0 Å². The van der Waals surface area contributed by atoms with Gasteiger partial charge < -0.3 is 0 Å². The van der Waals surface area contributed by atoms with Gasteiger partial charge in [-0.25, -0.2) is 0 Å². The molecule has 2 aromatic rings. The van der Waals surface area contributed by atoms with E-state index in [-0.39, 0.29) is 4.06 Å². The van der Waals surface area contributed by atoms with Crippen LogP contribution in [0.25, 0.3) is 10.4 Å². The molecule has 1 heterocycles. The number of rotatable bonds is 1. The SMILES string of the molecule is Cc1cc(C)c(-c2csc(=O)s2)c(C)c1. The van der Waals surface area contributed by atoms with Crippen molar-refractivity contribution in [3.05, 3.63) is 43.1 Å². The monoisotopic (exact) mass is 236 g/mol. The molecule has 1 nitrogen and oxygen atoms in total. The van der Waals surface area contributed by atoms with Gasteiger partial charge >= 0.3 is 0 Å². The first-order valence-corrected chi connectivity index (χ1v) is 6.44. The van der Waals surface area contributed by atoms with E-state index in [4.69, 9.17) is 0 Å². The van der Waals surface area contributed by atoms with E-state index in [2.05, 4.69) is 32.9 Å². The fraction of sp³-hybridized carbons (Fsp3) is 0.250. The number of hydrogen-bond donors (Lipinski definition) is 0. The van der Waals surface area contributed by atoms with Gasteiger partial charge in [0, 0.05) is 10.3 Å². The lowest BCUT2D eigenvalue weighted by atomic mass is 9.99. The highest BCUT2D eigenvalue weighted by Gasteiger charge is 2.08. The van der Waals surface area contributed by atoms with Gasteiger partial charge in [0.25, 0.3) is 4.06 Å². The summed E-state index contributed by atoms with van der Waals surface area (Å²) in [6.07, 6.45) is 0. The Morgan fingerprint density at radius 2 is 1.67 bits per heavy atom. The highest BCUT2D eigenvalue weighted by molar-refractivity contribution is 7.28. The molecule has 2 rings (SSSR count). The number of hydrogen-bond acceptors (Lipinski definition) is 3. The van der Waals surface area contributed by atoms with Crippen LogP contribution in [0.2, 0.25) is 0 Å². The molecule has 0 fully saturated rings. The fourth-order valence-corrected chi connectivity index (χ4v) is 3.79. The highest BCUT2D eigenvalue weighted by Crippen LogP contribution is 2.31. The molecule has 0 spiro atoms. The van der Waals surface area contributed by atoms with E-state index in [1.807, 2.05) is 5.38 Å². The summed E-state index contributed by atoms with van der Waals surface area (Å²) in [7, 11) is 0. The summed E-state index contributed by atoms with van der Waals surface area (Å²) in [6, 6.07) is 4.33. The van der Waals surface area contributed by atoms with Crippen LogP contribution in [0.4, 0.5) is 0 Å². The maximum atomic E-state index is 11.2. The molecule has 0 atom stereocenters. The minimum Gasteiger partial charge on any atom is -0.265 e. The van der Waals surface area contributed by atoms with E-state index >= 15 is 0 Å². The second kappa shape index (κ2) is 3.91. The molecule has 0 bridgehead atoms. The van der Waals surface area contributed by atoms with Crippen LogP contribution in [0.5, 0.6) is 0 Å². The molecular weight excluding hydrogens is 224 g/mol. The van der Waals surface area contributed by atoms with Crippen molar-refractivity contribution in [2.45, 2.75) is 20.8 Å². The normalized spacial score (nSPS) is 10.6. The molecule has 0 N–H and O–H groups in total. The molecule has 0 aliphatic carbocycles. The van der Waals surface area contributed by atoms with Crippen molar-refractivity contribution in [3.63, 3.8) is 0 Å². The number of benzene rings is 1. The van der Waals surface area contributed by atoms with Crippen molar-refractivity contribution in [3.8, 4) is 10.4 Å². The minimum atomic E-state index is 0.171. The maximum absolute atomic E-state index is 11.2. The molecular formula is C12H12OS2. The topological polar surface area (TPSA) is 17.1 Å². The average molecular weight is 236 g/mol. The van der Waals surface area contributed by atoms with E-state index in [1.54, 1.807) is 0 Å². The second-order valence-corrected chi connectivity index (χ2v) is 5.84. The van der Waals surface area contributed by atoms with Crippen molar-refractivity contribution in [2.24, 2.45) is 0 Å². The third-order valence-electron chi connectivity index (χ3n) is 2.38. The zero-order chi connectivity index (χ0) is 11.0. The van der Waals surface area contributed by atoms with Crippen molar-refractivity contribution in [1.82, 2.24) is 0 Å². The standard InChI is InChI=1S/C12H12OS2/c1-7-4-8(2)11(9(3)5-7)10-6-14-12(13)15-10/h4-6H,1-3H3. The summed E-state index contributed by atoms with van der Waals surface area (Å²) in [5, 5.41) is 1.96. The Labute approximate surface area is 97.0 Å². The van der Waals surface area contributed by atoms with Crippen LogP contribution in [0.3, 0.4) is 0 Å². The van der Waals surface area contributed by atoms with Gasteiger partial charge in [-0.1, -0.05) is 40.4 Å². The smallest absolute Gasteiger partial charge is 0.265 e. The molecule has 0 radical (unpaired) electrons. The highest BCUT2D eigenvalue weighted by atomic mass is 32.2. The third-order valence-corrected chi connectivity index (χ3v) is 4.32. The van der Waals surface area contributed by atoms with Crippen LogP contribution in [-0.4, -0.2) is 0 Å². The zero-order valence-electron chi connectivity index (χ0n) is 8.96. The van der Waals surface area contributed by atoms with Gasteiger partial charge in [0.1, 0.15) is 0 Å². The van der Waals surface area contributed by atoms with E-state index < -0.39 is 0 Å². The molecule has 0 amide bonds. The average Bonchev–Trinajstić information content (AvgIpc) is 2.49. The first-order chi connectivity index (χ1) is 7.08. The minimum absolute atomic E-state index is 0.171. The molecule has 3 heteroatoms. The van der Waals surface area contributed by atoms with Crippen molar-refractivity contribution < 1.29 is 0 Å². The largest absolute Gasteiger partial charge is 0.287 e. The molecule has 1 aromatic carbocycles. The Kier molecular flexibility index (Phi) is 2.76. The van der Waals surface area contributed by atoms with E-state index in [1.165, 1.54) is 44.9 Å². The predicted octanol–water partition coefficient (Wildman–Crippen LogP) is 3.76. The van der Waals surface area contributed by atoms with Gasteiger partial charge in [-0.2, -0.15) is 0 Å². The Balaban J connectivity index is 2.67. The van der Waals surface area contributed by atoms with Crippen LogP contribution in [-0.2, 0) is 0 Å². The van der Waals surface area contributed by atoms with Gasteiger partial charge in [0.05, 0.1) is 0 Å². The van der Waals surface area contributed by atoms with E-state index in [9.17, 15) is 4.79 Å². The van der Waals surface area contributed by atoms with Crippen LogP contribution < -0.4 is 4.06 Å². The number of aryl methyl sites for hydroxylation is 3. The maximum Gasteiger partial charge on any atom is 0.287 e. The molecule has 78 valence electrons. The molecule has 0 saturated carbocycles. The molecule has 0 aliphatic heterocycles. The van der Waals surface area contributed by atoms with Gasteiger partial charge in [0.2, 0.25) is 0 Å². The van der Waals surface area contributed by atoms with E-state index in [0.717, 1.165) is 4.88 Å². The van der Waals surface area contributed by atoms with Gasteiger partial charge in [-0.15, -0.1) is 0 Å². The van der Waals surface area contributed by atoms with Crippen LogP contribution in [0.1, 0.15) is 16.7 Å². The Bertz CT molecular complexity index is 526. The predicted molar refractivity (Wildman–Crippen MR) is 68.1 cm³/mol. The summed E-state index contributed by atoms with van der Waals surface area (Å²) in [6.45, 7) is 6.30. The lowest BCUT2D eigenvalue weighted by Crippen LogP contribution is -1.88. The van der Waals surface area contributed by atoms with Crippen LogP contribution in [0.15, 0.2) is 22.3 Å². The Morgan fingerprint density at radius 3 is 2.13 bits per heavy atom. The summed E-state index contributed by atoms with van der Waals surface area (Å²) < 4.78 is 0.171. The zero-order valence-corrected chi connectivity index (χ0v) is 10.6. The molecule has 0 unspecified atom stereocenters. The van der Waals surface area contributed by atoms with Gasteiger partial charge in [0.15, 0.2) is 0 Å². The lowest BCUT2D eigenvalue weighted by Gasteiger charge is -2.08. The fourth-order valence-electron chi connectivity index (χ4n) is 1.92. The van der Waals surface area contributed by atoms with E-state index in [0.29, 0.717) is 0 Å². The van der Waals surface area contributed by atoms with Crippen LogP contribution in [0, 0.1) is 20.8 Å². The first-order valence-electron chi connectivity index (χ1n) is 4.75. The van der Waals surface area contributed by atoms with Gasteiger partial charge in [-0.05, 0) is 37.5 Å². The molecule has 15 heavy (non-hydrogen) atoms. The van der Waals surface area contributed by atoms with Crippen LogP contribution >= 0.6 is 22.7 Å². The molecule has 1 aromatic heterocycles. The third kappa shape index (κ3) is 2.03. The lowest BCUT2D eigenvalue weighted by molar-refractivity contribution is 1.33. The Hall–Kier alpha value is -0.930. The summed E-state index contributed by atoms with van der Waals surface area (Å²) in [4.78, 5) is 12.3. The molecule has 0 aliphatic rings. The Morgan fingerprint density at radius 1 is 1.07 bits per heavy atom. The summed E-state index contributed by atoms with van der Waals surface area (Å²) in [5.74, 6) is 0.